The Hall–Kier alpha value is -2.74. The summed E-state index contributed by atoms with van der Waals surface area (Å²) in [4.78, 5) is 11.3. The van der Waals surface area contributed by atoms with E-state index < -0.39 is 15.9 Å². The first-order valence-electron chi connectivity index (χ1n) is 6.52. The van der Waals surface area contributed by atoms with Crippen LogP contribution in [-0.4, -0.2) is 28.5 Å². The Morgan fingerprint density at radius 2 is 1.70 bits per heavy atom. The number of rotatable bonds is 6. The Morgan fingerprint density at radius 1 is 1.04 bits per heavy atom. The lowest BCUT2D eigenvalue weighted by atomic mass is 10.2. The largest absolute Gasteiger partial charge is 0.496 e. The van der Waals surface area contributed by atoms with Crippen LogP contribution in [0.3, 0.4) is 0 Å². The number of anilines is 1. The van der Waals surface area contributed by atoms with E-state index in [4.69, 9.17) is 15.2 Å². The summed E-state index contributed by atoms with van der Waals surface area (Å²) in [7, 11) is -1.12. The van der Waals surface area contributed by atoms with E-state index in [1.807, 2.05) is 0 Å². The number of methoxy groups -OCH3 is 2. The number of carbonyl (C=O) groups excluding carboxylic acids is 1. The predicted molar refractivity (Wildman–Crippen MR) is 85.3 cm³/mol. The molecule has 3 N–H and O–H groups in total. The summed E-state index contributed by atoms with van der Waals surface area (Å²) in [5.74, 6) is -0.204. The highest BCUT2D eigenvalue weighted by atomic mass is 32.2. The van der Waals surface area contributed by atoms with Gasteiger partial charge < -0.3 is 15.2 Å². The van der Waals surface area contributed by atoms with Crippen LogP contribution >= 0.6 is 0 Å². The predicted octanol–water partition coefficient (Wildman–Crippen LogP) is 1.60. The van der Waals surface area contributed by atoms with Gasteiger partial charge in [0, 0.05) is 0 Å². The second-order valence-electron chi connectivity index (χ2n) is 4.53. The molecular formula is C15H16N2O5S. The standard InChI is InChI=1S/C15H16N2O5S/c1-21-13-8-7-10(9-11(13)15(16)18)23(19,20)17-12-5-3-4-6-14(12)22-2/h3-9,17H,1-2H3,(H2,16,18). The molecule has 0 fully saturated rings. The maximum Gasteiger partial charge on any atom is 0.262 e. The van der Waals surface area contributed by atoms with E-state index in [0.29, 0.717) is 5.75 Å². The summed E-state index contributed by atoms with van der Waals surface area (Å²) in [6.45, 7) is 0. The van der Waals surface area contributed by atoms with Gasteiger partial charge in [-0.1, -0.05) is 12.1 Å². The smallest absolute Gasteiger partial charge is 0.262 e. The van der Waals surface area contributed by atoms with Crippen LogP contribution in [0.1, 0.15) is 10.4 Å². The summed E-state index contributed by atoms with van der Waals surface area (Å²) < 4.78 is 37.5. The average Bonchev–Trinajstić information content (AvgIpc) is 2.54. The molecule has 0 atom stereocenters. The number of nitrogens with two attached hydrogens (primary N) is 1. The molecule has 23 heavy (non-hydrogen) atoms. The second-order valence-corrected chi connectivity index (χ2v) is 6.21. The monoisotopic (exact) mass is 336 g/mol. The van der Waals surface area contributed by atoms with Gasteiger partial charge in [-0.3, -0.25) is 9.52 Å². The van der Waals surface area contributed by atoms with Crippen molar-refractivity contribution in [3.63, 3.8) is 0 Å². The normalized spacial score (nSPS) is 10.9. The van der Waals surface area contributed by atoms with Crippen molar-refractivity contribution in [3.8, 4) is 11.5 Å². The van der Waals surface area contributed by atoms with Crippen molar-refractivity contribution in [1.29, 1.82) is 0 Å². The molecule has 0 aliphatic carbocycles. The van der Waals surface area contributed by atoms with Gasteiger partial charge in [0.2, 0.25) is 0 Å². The summed E-state index contributed by atoms with van der Waals surface area (Å²) in [6.07, 6.45) is 0. The lowest BCUT2D eigenvalue weighted by Crippen LogP contribution is -2.17. The minimum atomic E-state index is -3.92. The van der Waals surface area contributed by atoms with E-state index in [2.05, 4.69) is 4.72 Å². The number of hydrogen-bond donors (Lipinski definition) is 2. The molecule has 122 valence electrons. The number of sulfonamides is 1. The minimum absolute atomic E-state index is 0.0181. The number of hydrogen-bond acceptors (Lipinski definition) is 5. The molecule has 0 unspecified atom stereocenters. The molecule has 0 spiro atoms. The van der Waals surface area contributed by atoms with Crippen LogP contribution in [0.25, 0.3) is 0 Å². The number of nitrogens with one attached hydrogen (secondary N) is 1. The first kappa shape index (κ1) is 16.6. The summed E-state index contributed by atoms with van der Waals surface area (Å²) in [5, 5.41) is 0. The van der Waals surface area contributed by atoms with Gasteiger partial charge in [-0.05, 0) is 30.3 Å². The van der Waals surface area contributed by atoms with Crippen LogP contribution < -0.4 is 19.9 Å². The lowest BCUT2D eigenvalue weighted by Gasteiger charge is -2.13. The third-order valence-electron chi connectivity index (χ3n) is 3.10. The molecule has 0 heterocycles. The molecule has 0 aromatic heterocycles. The van der Waals surface area contributed by atoms with E-state index in [1.54, 1.807) is 24.3 Å². The summed E-state index contributed by atoms with van der Waals surface area (Å²) >= 11 is 0. The highest BCUT2D eigenvalue weighted by molar-refractivity contribution is 7.92. The van der Waals surface area contributed by atoms with Crippen molar-refractivity contribution in [2.75, 3.05) is 18.9 Å². The Labute approximate surface area is 134 Å². The first-order valence-corrected chi connectivity index (χ1v) is 8.01. The van der Waals surface area contributed by atoms with E-state index in [9.17, 15) is 13.2 Å². The van der Waals surface area contributed by atoms with Crippen LogP contribution in [0.5, 0.6) is 11.5 Å². The van der Waals surface area contributed by atoms with Crippen LogP contribution in [0.2, 0.25) is 0 Å². The fourth-order valence-electron chi connectivity index (χ4n) is 1.98. The van der Waals surface area contributed by atoms with Gasteiger partial charge >= 0.3 is 0 Å². The van der Waals surface area contributed by atoms with Crippen molar-refractivity contribution in [3.05, 3.63) is 48.0 Å². The molecule has 7 nitrogen and oxygen atoms in total. The van der Waals surface area contributed by atoms with Gasteiger partial charge in [-0.2, -0.15) is 0 Å². The highest BCUT2D eigenvalue weighted by Gasteiger charge is 2.20. The molecular weight excluding hydrogens is 320 g/mol. The second kappa shape index (κ2) is 6.57. The number of para-hydroxylation sites is 2. The van der Waals surface area contributed by atoms with Crippen LogP contribution in [0.15, 0.2) is 47.4 Å². The van der Waals surface area contributed by atoms with Gasteiger partial charge in [-0.15, -0.1) is 0 Å². The average molecular weight is 336 g/mol. The van der Waals surface area contributed by atoms with Crippen LogP contribution in [0, 0.1) is 0 Å². The molecule has 2 rings (SSSR count). The van der Waals surface area contributed by atoms with E-state index in [0.717, 1.165) is 0 Å². The first-order chi connectivity index (χ1) is 10.9. The Bertz CT molecular complexity index is 834. The molecule has 2 aromatic carbocycles. The summed E-state index contributed by atoms with van der Waals surface area (Å²) in [5.41, 5.74) is 5.51. The zero-order valence-electron chi connectivity index (χ0n) is 12.6. The molecule has 0 aliphatic rings. The van der Waals surface area contributed by atoms with Crippen LogP contribution in [-0.2, 0) is 10.0 Å². The quantitative estimate of drug-likeness (QED) is 0.833. The molecule has 0 radical (unpaired) electrons. The van der Waals surface area contributed by atoms with Crippen molar-refractivity contribution >= 4 is 21.6 Å². The van der Waals surface area contributed by atoms with Crippen molar-refractivity contribution in [1.82, 2.24) is 0 Å². The molecule has 2 aromatic rings. The van der Waals surface area contributed by atoms with E-state index >= 15 is 0 Å². The van der Waals surface area contributed by atoms with Crippen molar-refractivity contribution < 1.29 is 22.7 Å². The van der Waals surface area contributed by atoms with Gasteiger partial charge in [0.05, 0.1) is 30.4 Å². The maximum atomic E-state index is 12.5. The van der Waals surface area contributed by atoms with Gasteiger partial charge in [-0.25, -0.2) is 8.42 Å². The summed E-state index contributed by atoms with van der Waals surface area (Å²) in [6, 6.07) is 10.4. The number of benzene rings is 2. The third-order valence-corrected chi connectivity index (χ3v) is 4.46. The fraction of sp³-hybridized carbons (Fsp3) is 0.133. The molecule has 1 amide bonds. The van der Waals surface area contributed by atoms with E-state index in [-0.39, 0.29) is 21.9 Å². The molecule has 8 heteroatoms. The minimum Gasteiger partial charge on any atom is -0.496 e. The Kier molecular flexibility index (Phi) is 4.75. The maximum absolute atomic E-state index is 12.5. The van der Waals surface area contributed by atoms with E-state index in [1.165, 1.54) is 32.4 Å². The topological polar surface area (TPSA) is 108 Å². The van der Waals surface area contributed by atoms with Gasteiger partial charge in [0.15, 0.2) is 0 Å². The number of amides is 1. The number of primary amides is 1. The molecule has 0 saturated heterocycles. The third kappa shape index (κ3) is 3.54. The molecule has 0 bridgehead atoms. The lowest BCUT2D eigenvalue weighted by molar-refractivity contribution is 0.0997. The van der Waals surface area contributed by atoms with Gasteiger partial charge in [0.1, 0.15) is 11.5 Å². The number of carbonyl (C=O) groups is 1. The Balaban J connectivity index is 2.44. The SMILES string of the molecule is COc1ccccc1NS(=O)(=O)c1ccc(OC)c(C(N)=O)c1. The van der Waals surface area contributed by atoms with Crippen molar-refractivity contribution in [2.45, 2.75) is 4.90 Å². The molecule has 0 saturated carbocycles. The highest BCUT2D eigenvalue weighted by Crippen LogP contribution is 2.28. The zero-order valence-corrected chi connectivity index (χ0v) is 13.4. The van der Waals surface area contributed by atoms with Crippen molar-refractivity contribution in [2.24, 2.45) is 5.73 Å². The fourth-order valence-corrected chi connectivity index (χ4v) is 3.08. The van der Waals surface area contributed by atoms with Crippen LogP contribution in [0.4, 0.5) is 5.69 Å². The Morgan fingerprint density at radius 3 is 2.30 bits per heavy atom. The number of ether oxygens (including phenoxy) is 2. The van der Waals surface area contributed by atoms with Gasteiger partial charge in [0.25, 0.3) is 15.9 Å². The molecule has 0 aliphatic heterocycles. The zero-order chi connectivity index (χ0) is 17.0.